The maximum atomic E-state index is 11.8. The molecule has 2 rings (SSSR count). The van der Waals surface area contributed by atoms with Gasteiger partial charge in [-0.15, -0.1) is 0 Å². The van der Waals surface area contributed by atoms with E-state index >= 15 is 0 Å². The van der Waals surface area contributed by atoms with E-state index in [1.54, 1.807) is 0 Å². The van der Waals surface area contributed by atoms with E-state index in [0.29, 0.717) is 12.8 Å². The monoisotopic (exact) mass is 225 g/mol. The van der Waals surface area contributed by atoms with Crippen LogP contribution in [-0.2, 0) is 9.59 Å². The van der Waals surface area contributed by atoms with Crippen molar-refractivity contribution in [1.82, 2.24) is 10.6 Å². The van der Waals surface area contributed by atoms with Crippen molar-refractivity contribution in [3.63, 3.8) is 0 Å². The van der Waals surface area contributed by atoms with Crippen LogP contribution in [0.3, 0.4) is 0 Å². The molecule has 4 N–H and O–H groups in total. The van der Waals surface area contributed by atoms with E-state index in [0.717, 1.165) is 25.7 Å². The van der Waals surface area contributed by atoms with Crippen LogP contribution in [0.2, 0.25) is 0 Å². The average Bonchev–Trinajstić information content (AvgIpc) is 2.68. The van der Waals surface area contributed by atoms with Crippen molar-refractivity contribution in [3.8, 4) is 0 Å². The highest BCUT2D eigenvalue weighted by Gasteiger charge is 2.30. The first-order chi connectivity index (χ1) is 7.66. The fraction of sp³-hybridized carbons (Fsp3) is 0.818. The Hall–Kier alpha value is -1.10. The first-order valence-electron chi connectivity index (χ1n) is 6.02. The second-order valence-corrected chi connectivity index (χ2v) is 4.72. The Balaban J connectivity index is 1.84. The van der Waals surface area contributed by atoms with Crippen molar-refractivity contribution in [1.29, 1.82) is 0 Å². The summed E-state index contributed by atoms with van der Waals surface area (Å²) in [4.78, 5) is 22.8. The van der Waals surface area contributed by atoms with Gasteiger partial charge in [-0.1, -0.05) is 12.8 Å². The van der Waals surface area contributed by atoms with Crippen molar-refractivity contribution in [2.75, 3.05) is 0 Å². The summed E-state index contributed by atoms with van der Waals surface area (Å²) in [6, 6.07) is -0.199. The Morgan fingerprint density at radius 1 is 1.31 bits per heavy atom. The minimum atomic E-state index is -0.346. The van der Waals surface area contributed by atoms with Gasteiger partial charge in [0.25, 0.3) is 0 Å². The Labute approximate surface area is 95.1 Å². The zero-order valence-electron chi connectivity index (χ0n) is 9.37. The van der Waals surface area contributed by atoms with Gasteiger partial charge in [-0.3, -0.25) is 9.59 Å². The lowest BCUT2D eigenvalue weighted by Crippen LogP contribution is -2.53. The molecule has 0 radical (unpaired) electrons. The van der Waals surface area contributed by atoms with E-state index in [4.69, 9.17) is 5.73 Å². The van der Waals surface area contributed by atoms with Crippen LogP contribution in [0.15, 0.2) is 0 Å². The molecule has 0 bridgehead atoms. The van der Waals surface area contributed by atoms with E-state index in [1.807, 2.05) is 0 Å². The van der Waals surface area contributed by atoms with Crippen LogP contribution in [-0.4, -0.2) is 29.9 Å². The third-order valence-corrected chi connectivity index (χ3v) is 3.46. The number of hydrogen-bond acceptors (Lipinski definition) is 3. The first-order valence-corrected chi connectivity index (χ1v) is 6.02. The molecule has 2 amide bonds. The van der Waals surface area contributed by atoms with E-state index in [-0.39, 0.29) is 29.9 Å². The molecule has 16 heavy (non-hydrogen) atoms. The molecule has 1 saturated heterocycles. The van der Waals surface area contributed by atoms with Crippen molar-refractivity contribution in [3.05, 3.63) is 0 Å². The molecule has 1 aliphatic carbocycles. The molecule has 0 aromatic carbocycles. The standard InChI is InChI=1S/C11H19N3O2/c12-7-3-1-2-4-8(7)14-11(16)9-5-6-10(15)13-9/h7-9H,1-6,12H2,(H,13,15)(H,14,16)/t7?,8?,9-/m0/s1. The van der Waals surface area contributed by atoms with Crippen LogP contribution >= 0.6 is 0 Å². The highest BCUT2D eigenvalue weighted by atomic mass is 16.2. The number of rotatable bonds is 2. The molecule has 3 atom stereocenters. The minimum Gasteiger partial charge on any atom is -0.350 e. The summed E-state index contributed by atoms with van der Waals surface area (Å²) in [7, 11) is 0. The number of nitrogens with two attached hydrogens (primary N) is 1. The van der Waals surface area contributed by atoms with Gasteiger partial charge in [0.05, 0.1) is 0 Å². The zero-order valence-corrected chi connectivity index (χ0v) is 9.37. The smallest absolute Gasteiger partial charge is 0.242 e. The quantitative estimate of drug-likeness (QED) is 0.600. The predicted octanol–water partition coefficient (Wildman–Crippen LogP) is -0.349. The molecule has 2 aliphatic rings. The van der Waals surface area contributed by atoms with Crippen LogP contribution in [0.4, 0.5) is 0 Å². The van der Waals surface area contributed by atoms with Crippen molar-refractivity contribution < 1.29 is 9.59 Å². The lowest BCUT2D eigenvalue weighted by molar-refractivity contribution is -0.126. The zero-order chi connectivity index (χ0) is 11.5. The lowest BCUT2D eigenvalue weighted by Gasteiger charge is -2.30. The molecule has 2 unspecified atom stereocenters. The lowest BCUT2D eigenvalue weighted by atomic mass is 9.91. The van der Waals surface area contributed by atoms with Gasteiger partial charge in [-0.25, -0.2) is 0 Å². The summed E-state index contributed by atoms with van der Waals surface area (Å²) >= 11 is 0. The fourth-order valence-corrected chi connectivity index (χ4v) is 2.43. The van der Waals surface area contributed by atoms with Crippen LogP contribution in [0.25, 0.3) is 0 Å². The molecule has 5 heteroatoms. The van der Waals surface area contributed by atoms with Crippen molar-refractivity contribution >= 4 is 11.8 Å². The largest absolute Gasteiger partial charge is 0.350 e. The molecule has 5 nitrogen and oxygen atoms in total. The van der Waals surface area contributed by atoms with Crippen LogP contribution < -0.4 is 16.4 Å². The Kier molecular flexibility index (Phi) is 3.43. The Bertz CT molecular complexity index is 293. The Morgan fingerprint density at radius 2 is 2.06 bits per heavy atom. The molecule has 0 aromatic heterocycles. The molecule has 0 spiro atoms. The molecular weight excluding hydrogens is 206 g/mol. The topological polar surface area (TPSA) is 84.2 Å². The van der Waals surface area contributed by atoms with Gasteiger partial charge in [-0.2, -0.15) is 0 Å². The number of nitrogens with one attached hydrogen (secondary N) is 2. The van der Waals surface area contributed by atoms with E-state index in [9.17, 15) is 9.59 Å². The summed E-state index contributed by atoms with van der Waals surface area (Å²) in [6.45, 7) is 0. The molecule has 2 fully saturated rings. The number of carbonyl (C=O) groups is 2. The summed E-state index contributed by atoms with van der Waals surface area (Å²) in [5.74, 6) is -0.110. The SMILES string of the molecule is NC1CCCCC1NC(=O)[C@@H]1CCC(=O)N1. The third-order valence-electron chi connectivity index (χ3n) is 3.46. The summed E-state index contributed by atoms with van der Waals surface area (Å²) in [5, 5.41) is 5.62. The Morgan fingerprint density at radius 3 is 2.69 bits per heavy atom. The molecular formula is C11H19N3O2. The second-order valence-electron chi connectivity index (χ2n) is 4.72. The van der Waals surface area contributed by atoms with Crippen LogP contribution in [0, 0.1) is 0 Å². The first kappa shape index (κ1) is 11.4. The van der Waals surface area contributed by atoms with Gasteiger partial charge in [0, 0.05) is 18.5 Å². The average molecular weight is 225 g/mol. The van der Waals surface area contributed by atoms with E-state index < -0.39 is 0 Å². The maximum absolute atomic E-state index is 11.8. The van der Waals surface area contributed by atoms with Gasteiger partial charge in [0.1, 0.15) is 6.04 Å². The molecule has 1 aliphatic heterocycles. The number of amides is 2. The highest BCUT2D eigenvalue weighted by Crippen LogP contribution is 2.17. The molecule has 0 aromatic rings. The van der Waals surface area contributed by atoms with Gasteiger partial charge in [0.15, 0.2) is 0 Å². The van der Waals surface area contributed by atoms with Crippen molar-refractivity contribution in [2.24, 2.45) is 5.73 Å². The third kappa shape index (κ3) is 2.52. The van der Waals surface area contributed by atoms with Crippen LogP contribution in [0.1, 0.15) is 38.5 Å². The second kappa shape index (κ2) is 4.82. The minimum absolute atomic E-state index is 0.0342. The van der Waals surface area contributed by atoms with Crippen LogP contribution in [0.5, 0.6) is 0 Å². The van der Waals surface area contributed by atoms with Crippen molar-refractivity contribution in [2.45, 2.75) is 56.7 Å². The van der Waals surface area contributed by atoms with E-state index in [1.165, 1.54) is 0 Å². The van der Waals surface area contributed by atoms with Gasteiger partial charge in [0.2, 0.25) is 11.8 Å². The molecule has 1 heterocycles. The van der Waals surface area contributed by atoms with E-state index in [2.05, 4.69) is 10.6 Å². The molecule has 90 valence electrons. The summed E-state index contributed by atoms with van der Waals surface area (Å²) < 4.78 is 0. The summed E-state index contributed by atoms with van der Waals surface area (Å²) in [6.07, 6.45) is 5.25. The van der Waals surface area contributed by atoms with Gasteiger partial charge in [-0.05, 0) is 19.3 Å². The number of carbonyl (C=O) groups excluding carboxylic acids is 2. The normalized spacial score (nSPS) is 34.6. The summed E-state index contributed by atoms with van der Waals surface area (Å²) in [5.41, 5.74) is 5.95. The maximum Gasteiger partial charge on any atom is 0.242 e. The van der Waals surface area contributed by atoms with Gasteiger partial charge < -0.3 is 16.4 Å². The highest BCUT2D eigenvalue weighted by molar-refractivity contribution is 5.90. The molecule has 1 saturated carbocycles. The number of hydrogen-bond donors (Lipinski definition) is 3. The van der Waals surface area contributed by atoms with Gasteiger partial charge >= 0.3 is 0 Å². The fourth-order valence-electron chi connectivity index (χ4n) is 2.43. The predicted molar refractivity (Wildman–Crippen MR) is 59.5 cm³/mol.